The molecule has 2 rings (SSSR count). The first-order valence-corrected chi connectivity index (χ1v) is 3.10. The highest BCUT2D eigenvalue weighted by Gasteiger charge is 2.27. The van der Waals surface area contributed by atoms with E-state index in [0.717, 1.165) is 12.1 Å². The fourth-order valence-electron chi connectivity index (χ4n) is 0.917. The third-order valence-electron chi connectivity index (χ3n) is 1.43. The Morgan fingerprint density at radius 3 is 2.83 bits per heavy atom. The predicted molar refractivity (Wildman–Crippen MR) is 34.2 cm³/mol. The van der Waals surface area contributed by atoms with Gasteiger partial charge < -0.3 is 4.74 Å². The van der Waals surface area contributed by atoms with Crippen molar-refractivity contribution in [1.29, 1.82) is 0 Å². The number of rotatable bonds is 0. The van der Waals surface area contributed by atoms with Crippen LogP contribution in [-0.2, 0) is 0 Å². The van der Waals surface area contributed by atoms with Crippen molar-refractivity contribution in [3.05, 3.63) is 23.8 Å². The van der Waals surface area contributed by atoms with E-state index in [1.54, 1.807) is 0 Å². The number of carbonyl (C=O) groups is 1. The molecule has 1 aromatic carbocycles. The molecule has 1 heterocycles. The molecule has 0 unspecified atom stereocenters. The maximum absolute atomic E-state index is 12.8. The van der Waals surface area contributed by atoms with Crippen molar-refractivity contribution in [2.75, 3.05) is 0 Å². The summed E-state index contributed by atoms with van der Waals surface area (Å²) in [6, 6.07) is 2.03. The lowest BCUT2D eigenvalue weighted by atomic mass is 10.3. The molecule has 0 atom stereocenters. The van der Waals surface area contributed by atoms with Crippen molar-refractivity contribution >= 4 is 11.8 Å². The van der Waals surface area contributed by atoms with E-state index in [0.29, 0.717) is 0 Å². The molecule has 1 aromatic rings. The molecule has 1 aliphatic rings. The van der Waals surface area contributed by atoms with E-state index < -0.39 is 17.7 Å². The first-order valence-electron chi connectivity index (χ1n) is 3.10. The zero-order valence-corrected chi connectivity index (χ0v) is 5.67. The molecule has 0 spiro atoms. The van der Waals surface area contributed by atoms with Gasteiger partial charge in [-0.2, -0.15) is 5.32 Å². The minimum atomic E-state index is -1.15. The minimum Gasteiger partial charge on any atom is -0.406 e. The van der Waals surface area contributed by atoms with Crippen LogP contribution in [0.3, 0.4) is 0 Å². The van der Waals surface area contributed by atoms with E-state index in [4.69, 9.17) is 0 Å². The van der Waals surface area contributed by atoms with E-state index in [2.05, 4.69) is 10.1 Å². The quantitative estimate of drug-likeness (QED) is 0.594. The number of benzene rings is 1. The summed E-state index contributed by atoms with van der Waals surface area (Å²) in [5, 5.41) is 3.14. The summed E-state index contributed by atoms with van der Waals surface area (Å²) in [5.74, 6) is -2.24. The van der Waals surface area contributed by atoms with E-state index in [9.17, 15) is 13.6 Å². The van der Waals surface area contributed by atoms with Gasteiger partial charge in [-0.3, -0.25) is 0 Å². The lowest BCUT2D eigenvalue weighted by molar-refractivity contribution is 0.211. The molecule has 0 bridgehead atoms. The molecular weight excluding hydrogens is 168 g/mol. The maximum atomic E-state index is 12.8. The average Bonchev–Trinajstić information content (AvgIpc) is 2.39. The number of nitrogens with zero attached hydrogens (tertiary/aromatic N) is 1. The van der Waals surface area contributed by atoms with Crippen molar-refractivity contribution in [2.45, 2.75) is 0 Å². The molecule has 0 aromatic heterocycles. The van der Waals surface area contributed by atoms with Gasteiger partial charge in [0, 0.05) is 0 Å². The van der Waals surface area contributed by atoms with E-state index in [1.165, 1.54) is 0 Å². The number of ether oxygens (including phenoxy) is 1. The molecule has 1 amide bonds. The Bertz CT molecular complexity index is 365. The third kappa shape index (κ3) is 0.827. The van der Waals surface area contributed by atoms with Crippen LogP contribution in [0.15, 0.2) is 12.1 Å². The topological polar surface area (TPSA) is 40.4 Å². The monoisotopic (exact) mass is 170 g/mol. The molecule has 0 N–H and O–H groups in total. The zero-order chi connectivity index (χ0) is 8.72. The summed E-state index contributed by atoms with van der Waals surface area (Å²) in [6.07, 6.45) is -0.922. The number of carbonyl (C=O) groups excluding carboxylic acids is 1. The first kappa shape index (κ1) is 7.02. The zero-order valence-electron chi connectivity index (χ0n) is 5.67. The van der Waals surface area contributed by atoms with E-state index in [-0.39, 0.29) is 11.4 Å². The lowest BCUT2D eigenvalue weighted by Gasteiger charge is -1.95. The maximum Gasteiger partial charge on any atom is 0.439 e. The SMILES string of the molecule is O=C1[N]c2c(ccc(F)c2F)O1. The van der Waals surface area contributed by atoms with Crippen molar-refractivity contribution in [2.24, 2.45) is 0 Å². The molecule has 0 aliphatic carbocycles. The number of amides is 1. The second kappa shape index (κ2) is 2.17. The molecule has 12 heavy (non-hydrogen) atoms. The Hall–Kier alpha value is -1.65. The van der Waals surface area contributed by atoms with Gasteiger partial charge in [-0.25, -0.2) is 13.6 Å². The molecule has 1 aliphatic heterocycles. The Labute approximate surface area is 65.9 Å². The summed E-state index contributed by atoms with van der Waals surface area (Å²) in [7, 11) is 0. The summed E-state index contributed by atoms with van der Waals surface area (Å²) >= 11 is 0. The molecule has 61 valence electrons. The minimum absolute atomic E-state index is 0.0427. The summed E-state index contributed by atoms with van der Waals surface area (Å²) in [6.45, 7) is 0. The fourth-order valence-corrected chi connectivity index (χ4v) is 0.917. The summed E-state index contributed by atoms with van der Waals surface area (Å²) in [5.41, 5.74) is -0.361. The Morgan fingerprint density at radius 2 is 2.08 bits per heavy atom. The second-order valence-electron chi connectivity index (χ2n) is 2.19. The van der Waals surface area contributed by atoms with Gasteiger partial charge in [0.1, 0.15) is 0 Å². The van der Waals surface area contributed by atoms with Crippen LogP contribution in [0, 0.1) is 11.6 Å². The van der Waals surface area contributed by atoms with Gasteiger partial charge in [0.05, 0.1) is 0 Å². The van der Waals surface area contributed by atoms with E-state index in [1.807, 2.05) is 0 Å². The summed E-state index contributed by atoms with van der Waals surface area (Å²) in [4.78, 5) is 10.5. The molecule has 3 nitrogen and oxygen atoms in total. The van der Waals surface area contributed by atoms with Gasteiger partial charge in [-0.1, -0.05) is 0 Å². The molecular formula is C7H2F2NO2. The van der Waals surface area contributed by atoms with Gasteiger partial charge in [0.25, 0.3) is 0 Å². The largest absolute Gasteiger partial charge is 0.439 e. The number of halogens is 2. The van der Waals surface area contributed by atoms with Crippen LogP contribution >= 0.6 is 0 Å². The molecule has 0 fully saturated rings. The molecule has 0 saturated heterocycles. The van der Waals surface area contributed by atoms with Gasteiger partial charge in [0.15, 0.2) is 23.1 Å². The van der Waals surface area contributed by atoms with Crippen molar-refractivity contribution in [1.82, 2.24) is 5.32 Å². The fraction of sp³-hybridized carbons (Fsp3) is 0. The van der Waals surface area contributed by atoms with Crippen LogP contribution in [0.5, 0.6) is 5.75 Å². The molecule has 0 saturated carbocycles. The van der Waals surface area contributed by atoms with Crippen molar-refractivity contribution in [3.8, 4) is 5.75 Å². The van der Waals surface area contributed by atoms with Crippen molar-refractivity contribution < 1.29 is 18.3 Å². The standard InChI is InChI=1S/C7H2F2NO2/c8-3-1-2-4-6(5(3)9)10-7(11)12-4/h1-2H. The Kier molecular flexibility index (Phi) is 1.27. The Morgan fingerprint density at radius 1 is 1.33 bits per heavy atom. The smallest absolute Gasteiger partial charge is 0.406 e. The van der Waals surface area contributed by atoms with Crippen LogP contribution in [0.2, 0.25) is 0 Å². The van der Waals surface area contributed by atoms with Crippen LogP contribution in [0.1, 0.15) is 0 Å². The number of hydrogen-bond acceptors (Lipinski definition) is 2. The van der Waals surface area contributed by atoms with Crippen LogP contribution < -0.4 is 10.1 Å². The van der Waals surface area contributed by atoms with Crippen LogP contribution in [0.25, 0.3) is 0 Å². The lowest BCUT2D eigenvalue weighted by Crippen LogP contribution is -2.06. The highest BCUT2D eigenvalue weighted by atomic mass is 19.2. The average molecular weight is 170 g/mol. The Balaban J connectivity index is 2.61. The van der Waals surface area contributed by atoms with Gasteiger partial charge in [0.2, 0.25) is 0 Å². The van der Waals surface area contributed by atoms with Crippen molar-refractivity contribution in [3.63, 3.8) is 0 Å². The predicted octanol–water partition coefficient (Wildman–Crippen LogP) is 1.71. The van der Waals surface area contributed by atoms with E-state index >= 15 is 0 Å². The number of fused-ring (bicyclic) bond motifs is 1. The van der Waals surface area contributed by atoms with Crippen LogP contribution in [0.4, 0.5) is 19.3 Å². The van der Waals surface area contributed by atoms with Gasteiger partial charge in [-0.15, -0.1) is 0 Å². The number of hydrogen-bond donors (Lipinski definition) is 0. The first-order chi connectivity index (χ1) is 5.68. The molecule has 1 radical (unpaired) electrons. The second-order valence-corrected chi connectivity index (χ2v) is 2.19. The highest BCUT2D eigenvalue weighted by molar-refractivity contribution is 5.84. The highest BCUT2D eigenvalue weighted by Crippen LogP contribution is 2.33. The third-order valence-corrected chi connectivity index (χ3v) is 1.43. The molecule has 5 heteroatoms. The van der Waals surface area contributed by atoms with Gasteiger partial charge in [-0.05, 0) is 12.1 Å². The normalized spacial score (nSPS) is 13.7. The van der Waals surface area contributed by atoms with Gasteiger partial charge >= 0.3 is 6.09 Å². The van der Waals surface area contributed by atoms with Crippen LogP contribution in [-0.4, -0.2) is 6.09 Å². The summed E-state index contributed by atoms with van der Waals surface area (Å²) < 4.78 is 29.7.